The maximum atomic E-state index is 5.67. The lowest BCUT2D eigenvalue weighted by atomic mass is 9.87. The van der Waals surface area contributed by atoms with Crippen LogP contribution in [0.2, 0.25) is 0 Å². The summed E-state index contributed by atoms with van der Waals surface area (Å²) in [7, 11) is 0. The maximum absolute atomic E-state index is 5.67. The van der Waals surface area contributed by atoms with Gasteiger partial charge in [0.1, 0.15) is 0 Å². The molecule has 1 N–H and O–H groups in total. The van der Waals surface area contributed by atoms with Crippen LogP contribution in [0.25, 0.3) is 0 Å². The van der Waals surface area contributed by atoms with Crippen molar-refractivity contribution >= 4 is 5.96 Å². The van der Waals surface area contributed by atoms with Crippen molar-refractivity contribution in [2.24, 2.45) is 10.4 Å². The molecule has 27 heavy (non-hydrogen) atoms. The van der Waals surface area contributed by atoms with Crippen LogP contribution in [-0.2, 0) is 17.8 Å². The first kappa shape index (κ1) is 20.2. The molecule has 5 heteroatoms. The molecule has 0 aliphatic carbocycles. The van der Waals surface area contributed by atoms with E-state index in [4.69, 9.17) is 9.73 Å². The number of ether oxygens (including phenoxy) is 1. The van der Waals surface area contributed by atoms with Gasteiger partial charge in [-0.2, -0.15) is 0 Å². The van der Waals surface area contributed by atoms with Crippen molar-refractivity contribution in [3.05, 3.63) is 35.4 Å². The highest BCUT2D eigenvalue weighted by Crippen LogP contribution is 2.38. The molecule has 1 spiro atoms. The van der Waals surface area contributed by atoms with E-state index in [-0.39, 0.29) is 0 Å². The molecule has 1 aromatic rings. The fourth-order valence-corrected chi connectivity index (χ4v) is 4.21. The summed E-state index contributed by atoms with van der Waals surface area (Å²) in [5.74, 6) is 1.05. The summed E-state index contributed by atoms with van der Waals surface area (Å²) in [6, 6.07) is 8.88. The molecule has 1 unspecified atom stereocenters. The van der Waals surface area contributed by atoms with Gasteiger partial charge < -0.3 is 15.0 Å². The number of guanidine groups is 1. The molecule has 2 aliphatic heterocycles. The van der Waals surface area contributed by atoms with E-state index in [9.17, 15) is 0 Å². The lowest BCUT2D eigenvalue weighted by Gasteiger charge is -2.25. The fraction of sp³-hybridized carbons (Fsp3) is 0.682. The van der Waals surface area contributed by atoms with Crippen molar-refractivity contribution in [3.8, 4) is 0 Å². The predicted molar refractivity (Wildman–Crippen MR) is 112 cm³/mol. The Morgan fingerprint density at radius 1 is 1.22 bits per heavy atom. The molecule has 2 heterocycles. The van der Waals surface area contributed by atoms with E-state index in [2.05, 4.69) is 60.2 Å². The van der Waals surface area contributed by atoms with Gasteiger partial charge in [-0.05, 0) is 44.0 Å². The first-order valence-corrected chi connectivity index (χ1v) is 10.6. The minimum Gasteiger partial charge on any atom is -0.381 e. The van der Waals surface area contributed by atoms with Gasteiger partial charge in [0.05, 0.1) is 13.2 Å². The summed E-state index contributed by atoms with van der Waals surface area (Å²) in [5.41, 5.74) is 3.02. The van der Waals surface area contributed by atoms with Crippen LogP contribution >= 0.6 is 0 Å². The molecule has 150 valence electrons. The number of nitrogens with one attached hydrogen (secondary N) is 1. The number of hydrogen-bond acceptors (Lipinski definition) is 3. The number of rotatable bonds is 7. The SMILES string of the molecule is CCNC(=NCc1cccc(CN(CC)CC)c1)N1CCC2(CCOC2)C1. The summed E-state index contributed by atoms with van der Waals surface area (Å²) < 4.78 is 5.67. The van der Waals surface area contributed by atoms with Gasteiger partial charge in [-0.25, -0.2) is 4.99 Å². The predicted octanol–water partition coefficient (Wildman–Crippen LogP) is 3.11. The van der Waals surface area contributed by atoms with Gasteiger partial charge >= 0.3 is 0 Å². The Kier molecular flexibility index (Phi) is 7.13. The first-order chi connectivity index (χ1) is 13.2. The second kappa shape index (κ2) is 9.56. The molecule has 0 saturated carbocycles. The zero-order valence-corrected chi connectivity index (χ0v) is 17.3. The third kappa shape index (κ3) is 5.23. The molecular weight excluding hydrogens is 336 g/mol. The Labute approximate surface area is 164 Å². The molecule has 0 amide bonds. The highest BCUT2D eigenvalue weighted by molar-refractivity contribution is 5.80. The molecule has 0 bridgehead atoms. The van der Waals surface area contributed by atoms with Crippen LogP contribution in [0.15, 0.2) is 29.3 Å². The zero-order chi connectivity index (χ0) is 19.1. The summed E-state index contributed by atoms with van der Waals surface area (Å²) in [4.78, 5) is 9.83. The van der Waals surface area contributed by atoms with Crippen LogP contribution in [0.3, 0.4) is 0 Å². The monoisotopic (exact) mass is 372 g/mol. The van der Waals surface area contributed by atoms with Gasteiger partial charge in [-0.1, -0.05) is 38.1 Å². The van der Waals surface area contributed by atoms with Crippen molar-refractivity contribution in [1.29, 1.82) is 0 Å². The maximum Gasteiger partial charge on any atom is 0.194 e. The quantitative estimate of drug-likeness (QED) is 0.590. The van der Waals surface area contributed by atoms with Crippen LogP contribution in [0.4, 0.5) is 0 Å². The van der Waals surface area contributed by atoms with Crippen molar-refractivity contribution in [2.45, 2.75) is 46.7 Å². The van der Waals surface area contributed by atoms with Gasteiger partial charge in [0.15, 0.2) is 5.96 Å². The second-order valence-electron chi connectivity index (χ2n) is 7.93. The normalized spacial score (nSPS) is 23.0. The highest BCUT2D eigenvalue weighted by Gasteiger charge is 2.42. The Hall–Kier alpha value is -1.59. The Morgan fingerprint density at radius 2 is 2.04 bits per heavy atom. The van der Waals surface area contributed by atoms with Crippen molar-refractivity contribution in [2.75, 3.05) is 45.9 Å². The average Bonchev–Trinajstić information content (AvgIpc) is 3.33. The Balaban J connectivity index is 1.65. The van der Waals surface area contributed by atoms with E-state index in [1.807, 2.05) is 0 Å². The van der Waals surface area contributed by atoms with Crippen LogP contribution in [0.1, 0.15) is 44.7 Å². The number of likely N-dealkylation sites (tertiary alicyclic amines) is 1. The van der Waals surface area contributed by atoms with E-state index in [1.165, 1.54) is 24.0 Å². The number of hydrogen-bond donors (Lipinski definition) is 1. The number of benzene rings is 1. The van der Waals surface area contributed by atoms with Gasteiger partial charge in [0.25, 0.3) is 0 Å². The third-order valence-corrected chi connectivity index (χ3v) is 5.96. The van der Waals surface area contributed by atoms with E-state index < -0.39 is 0 Å². The van der Waals surface area contributed by atoms with Crippen LogP contribution in [0, 0.1) is 5.41 Å². The van der Waals surface area contributed by atoms with E-state index >= 15 is 0 Å². The molecule has 5 nitrogen and oxygen atoms in total. The molecule has 0 radical (unpaired) electrons. The molecule has 0 aromatic heterocycles. The number of aliphatic imine (C=N–C) groups is 1. The number of nitrogens with zero attached hydrogens (tertiary/aromatic N) is 3. The molecule has 1 atom stereocenters. The second-order valence-corrected chi connectivity index (χ2v) is 7.93. The van der Waals surface area contributed by atoms with E-state index in [1.54, 1.807) is 0 Å². The molecule has 2 aliphatic rings. The lowest BCUT2D eigenvalue weighted by molar-refractivity contribution is 0.156. The molecular formula is C22H36N4O. The fourth-order valence-electron chi connectivity index (χ4n) is 4.21. The third-order valence-electron chi connectivity index (χ3n) is 5.96. The van der Waals surface area contributed by atoms with Crippen LogP contribution < -0.4 is 5.32 Å². The van der Waals surface area contributed by atoms with Crippen LogP contribution in [0.5, 0.6) is 0 Å². The molecule has 3 rings (SSSR count). The van der Waals surface area contributed by atoms with Gasteiger partial charge in [0.2, 0.25) is 0 Å². The van der Waals surface area contributed by atoms with Gasteiger partial charge in [0, 0.05) is 38.2 Å². The summed E-state index contributed by atoms with van der Waals surface area (Å²) >= 11 is 0. The minimum atomic E-state index is 0.361. The van der Waals surface area contributed by atoms with E-state index in [0.717, 1.165) is 65.0 Å². The van der Waals surface area contributed by atoms with Crippen LogP contribution in [-0.4, -0.2) is 61.7 Å². The Bertz CT molecular complexity index is 620. The standard InChI is InChI=1S/C22H36N4O/c1-4-23-21(26-12-10-22(17-26)11-13-27-18-22)24-15-19-8-7-9-20(14-19)16-25(5-2)6-3/h7-9,14H,4-6,10-13,15-18H2,1-3H3,(H,23,24). The van der Waals surface area contributed by atoms with Gasteiger partial charge in [-0.3, -0.25) is 4.90 Å². The zero-order valence-electron chi connectivity index (χ0n) is 17.3. The molecule has 1 aromatic carbocycles. The smallest absolute Gasteiger partial charge is 0.194 e. The molecule has 2 fully saturated rings. The lowest BCUT2D eigenvalue weighted by Crippen LogP contribution is -2.41. The average molecular weight is 373 g/mol. The summed E-state index contributed by atoms with van der Waals surface area (Å²) in [6.07, 6.45) is 2.41. The van der Waals surface area contributed by atoms with Crippen molar-refractivity contribution in [1.82, 2.24) is 15.1 Å². The minimum absolute atomic E-state index is 0.361. The van der Waals surface area contributed by atoms with Crippen molar-refractivity contribution < 1.29 is 4.74 Å². The van der Waals surface area contributed by atoms with E-state index in [0.29, 0.717) is 5.41 Å². The topological polar surface area (TPSA) is 40.1 Å². The molecule has 2 saturated heterocycles. The van der Waals surface area contributed by atoms with Crippen molar-refractivity contribution in [3.63, 3.8) is 0 Å². The Morgan fingerprint density at radius 3 is 2.74 bits per heavy atom. The van der Waals surface area contributed by atoms with Gasteiger partial charge in [-0.15, -0.1) is 0 Å². The first-order valence-electron chi connectivity index (χ1n) is 10.6. The summed E-state index contributed by atoms with van der Waals surface area (Å²) in [6.45, 7) is 15.4. The summed E-state index contributed by atoms with van der Waals surface area (Å²) in [5, 5.41) is 3.49. The largest absolute Gasteiger partial charge is 0.381 e. The highest BCUT2D eigenvalue weighted by atomic mass is 16.5.